The van der Waals surface area contributed by atoms with Crippen molar-refractivity contribution in [3.05, 3.63) is 42.0 Å². The molecule has 7 heteroatoms. The van der Waals surface area contributed by atoms with E-state index in [0.29, 0.717) is 11.7 Å². The van der Waals surface area contributed by atoms with E-state index in [-0.39, 0.29) is 30.6 Å². The minimum absolute atomic E-state index is 0.0276. The van der Waals surface area contributed by atoms with Gasteiger partial charge in [0.2, 0.25) is 11.8 Å². The first kappa shape index (κ1) is 16.7. The SMILES string of the molecule is COC(=O)C[C@@H](C)c1nc(CC(=O)N(C)c2ccccc2)no1. The van der Waals surface area contributed by atoms with E-state index < -0.39 is 0 Å². The Balaban J connectivity index is 1.98. The number of hydrogen-bond donors (Lipinski definition) is 0. The molecule has 1 aromatic heterocycles. The van der Waals surface area contributed by atoms with Crippen molar-refractivity contribution in [2.24, 2.45) is 0 Å². The van der Waals surface area contributed by atoms with E-state index in [4.69, 9.17) is 4.52 Å². The molecule has 2 rings (SSSR count). The van der Waals surface area contributed by atoms with E-state index in [1.807, 2.05) is 30.3 Å². The highest BCUT2D eigenvalue weighted by Gasteiger charge is 2.20. The highest BCUT2D eigenvalue weighted by atomic mass is 16.5. The first-order valence-corrected chi connectivity index (χ1v) is 7.22. The Kier molecular flexibility index (Phi) is 5.46. The summed E-state index contributed by atoms with van der Waals surface area (Å²) in [6, 6.07) is 9.30. The maximum atomic E-state index is 12.2. The van der Waals surface area contributed by atoms with Crippen molar-refractivity contribution in [3.8, 4) is 0 Å². The molecule has 0 aliphatic carbocycles. The summed E-state index contributed by atoms with van der Waals surface area (Å²) in [6.45, 7) is 1.78. The quantitative estimate of drug-likeness (QED) is 0.757. The summed E-state index contributed by atoms with van der Waals surface area (Å²) < 4.78 is 9.72. The second-order valence-corrected chi connectivity index (χ2v) is 5.20. The summed E-state index contributed by atoms with van der Waals surface area (Å²) in [5, 5.41) is 3.80. The van der Waals surface area contributed by atoms with Gasteiger partial charge in [0, 0.05) is 18.7 Å². The first-order valence-electron chi connectivity index (χ1n) is 7.22. The molecule has 0 aliphatic rings. The lowest BCUT2D eigenvalue weighted by molar-refractivity contribution is -0.141. The van der Waals surface area contributed by atoms with Crippen LogP contribution < -0.4 is 4.90 Å². The molecule has 23 heavy (non-hydrogen) atoms. The Morgan fingerprint density at radius 3 is 2.65 bits per heavy atom. The van der Waals surface area contributed by atoms with Crippen LogP contribution in [0.4, 0.5) is 5.69 Å². The molecule has 0 bridgehead atoms. The van der Waals surface area contributed by atoms with Gasteiger partial charge < -0.3 is 14.2 Å². The molecule has 1 atom stereocenters. The number of ether oxygens (including phenoxy) is 1. The van der Waals surface area contributed by atoms with Gasteiger partial charge in [-0.2, -0.15) is 4.98 Å². The number of carbonyl (C=O) groups is 2. The van der Waals surface area contributed by atoms with Crippen LogP contribution in [-0.2, 0) is 20.7 Å². The fourth-order valence-corrected chi connectivity index (χ4v) is 2.01. The zero-order valence-corrected chi connectivity index (χ0v) is 13.4. The van der Waals surface area contributed by atoms with Crippen LogP contribution in [0, 0.1) is 0 Å². The third-order valence-electron chi connectivity index (χ3n) is 3.43. The minimum atomic E-state index is -0.350. The number of methoxy groups -OCH3 is 1. The number of anilines is 1. The number of amides is 1. The molecule has 0 saturated carbocycles. The van der Waals surface area contributed by atoms with Crippen molar-refractivity contribution in [1.82, 2.24) is 10.1 Å². The van der Waals surface area contributed by atoms with Crippen molar-refractivity contribution in [2.75, 3.05) is 19.1 Å². The monoisotopic (exact) mass is 317 g/mol. The molecule has 0 radical (unpaired) electrons. The summed E-state index contributed by atoms with van der Waals surface area (Å²) in [4.78, 5) is 29.2. The van der Waals surface area contributed by atoms with E-state index in [0.717, 1.165) is 5.69 Å². The molecule has 0 unspecified atom stereocenters. The van der Waals surface area contributed by atoms with Crippen LogP contribution in [-0.4, -0.2) is 36.2 Å². The summed E-state index contributed by atoms with van der Waals surface area (Å²) in [5.41, 5.74) is 0.792. The van der Waals surface area contributed by atoms with Crippen LogP contribution in [0.25, 0.3) is 0 Å². The second kappa shape index (κ2) is 7.53. The smallest absolute Gasteiger partial charge is 0.306 e. The number of benzene rings is 1. The first-order chi connectivity index (χ1) is 11.0. The number of esters is 1. The van der Waals surface area contributed by atoms with Crippen molar-refractivity contribution in [1.29, 1.82) is 0 Å². The highest BCUT2D eigenvalue weighted by Crippen LogP contribution is 2.18. The lowest BCUT2D eigenvalue weighted by atomic mass is 10.1. The van der Waals surface area contributed by atoms with E-state index in [1.165, 1.54) is 12.0 Å². The number of likely N-dealkylation sites (N-methyl/N-ethyl adjacent to an activating group) is 1. The molecule has 0 saturated heterocycles. The standard InChI is InChI=1S/C16H19N3O4/c1-11(9-15(21)22-3)16-17-13(18-23-16)10-14(20)19(2)12-7-5-4-6-8-12/h4-8,11H,9-10H2,1-3H3/t11-/m1/s1. The average Bonchev–Trinajstić information content (AvgIpc) is 3.03. The molecular weight excluding hydrogens is 298 g/mol. The number of nitrogens with zero attached hydrogens (tertiary/aromatic N) is 3. The van der Waals surface area contributed by atoms with Crippen molar-refractivity contribution in [3.63, 3.8) is 0 Å². The molecule has 1 aromatic carbocycles. The highest BCUT2D eigenvalue weighted by molar-refractivity contribution is 5.93. The van der Waals surface area contributed by atoms with Crippen LogP contribution in [0.1, 0.15) is 31.0 Å². The topological polar surface area (TPSA) is 85.5 Å². The molecule has 2 aromatic rings. The van der Waals surface area contributed by atoms with E-state index >= 15 is 0 Å². The minimum Gasteiger partial charge on any atom is -0.469 e. The zero-order chi connectivity index (χ0) is 16.8. The summed E-state index contributed by atoms with van der Waals surface area (Å²) in [7, 11) is 3.02. The van der Waals surface area contributed by atoms with E-state index in [1.54, 1.807) is 14.0 Å². The summed E-state index contributed by atoms with van der Waals surface area (Å²) >= 11 is 0. The van der Waals surface area contributed by atoms with Gasteiger partial charge in [0.1, 0.15) is 0 Å². The Morgan fingerprint density at radius 2 is 2.00 bits per heavy atom. The lowest BCUT2D eigenvalue weighted by Crippen LogP contribution is -2.28. The predicted molar refractivity (Wildman–Crippen MR) is 82.9 cm³/mol. The third-order valence-corrected chi connectivity index (χ3v) is 3.43. The third kappa shape index (κ3) is 4.38. The van der Waals surface area contributed by atoms with Crippen LogP contribution in [0.15, 0.2) is 34.9 Å². The Hall–Kier alpha value is -2.70. The van der Waals surface area contributed by atoms with Gasteiger partial charge in [0.15, 0.2) is 5.82 Å². The van der Waals surface area contributed by atoms with Crippen molar-refractivity contribution < 1.29 is 18.8 Å². The van der Waals surface area contributed by atoms with E-state index in [9.17, 15) is 9.59 Å². The summed E-state index contributed by atoms with van der Waals surface area (Å²) in [5.74, 6) is -0.142. The Morgan fingerprint density at radius 1 is 1.30 bits per heavy atom. The maximum Gasteiger partial charge on any atom is 0.306 e. The Bertz CT molecular complexity index is 669. The number of carbonyl (C=O) groups excluding carboxylic acids is 2. The largest absolute Gasteiger partial charge is 0.469 e. The van der Waals surface area contributed by atoms with Gasteiger partial charge >= 0.3 is 5.97 Å². The molecule has 7 nitrogen and oxygen atoms in total. The van der Waals surface area contributed by atoms with Gasteiger partial charge in [-0.3, -0.25) is 9.59 Å². The van der Waals surface area contributed by atoms with Crippen LogP contribution >= 0.6 is 0 Å². The molecule has 0 aliphatic heterocycles. The molecule has 0 spiro atoms. The molecular formula is C16H19N3O4. The molecule has 0 N–H and O–H groups in total. The Labute approximate surface area is 134 Å². The maximum absolute atomic E-state index is 12.2. The van der Waals surface area contributed by atoms with Gasteiger partial charge in [0.05, 0.1) is 20.0 Å². The van der Waals surface area contributed by atoms with Crippen LogP contribution in [0.2, 0.25) is 0 Å². The normalized spacial score (nSPS) is 11.8. The number of hydrogen-bond acceptors (Lipinski definition) is 6. The second-order valence-electron chi connectivity index (χ2n) is 5.20. The van der Waals surface area contributed by atoms with Gasteiger partial charge in [-0.15, -0.1) is 0 Å². The van der Waals surface area contributed by atoms with Crippen molar-refractivity contribution in [2.45, 2.75) is 25.7 Å². The number of aromatic nitrogens is 2. The lowest BCUT2D eigenvalue weighted by Gasteiger charge is -2.16. The van der Waals surface area contributed by atoms with Crippen LogP contribution in [0.3, 0.4) is 0 Å². The molecule has 0 fully saturated rings. The predicted octanol–water partition coefficient (Wildman–Crippen LogP) is 1.94. The fraction of sp³-hybridized carbons (Fsp3) is 0.375. The fourth-order valence-electron chi connectivity index (χ4n) is 2.01. The molecule has 1 heterocycles. The zero-order valence-electron chi connectivity index (χ0n) is 13.4. The van der Waals surface area contributed by atoms with Gasteiger partial charge in [-0.1, -0.05) is 30.3 Å². The van der Waals surface area contributed by atoms with Gasteiger partial charge in [-0.05, 0) is 12.1 Å². The van der Waals surface area contributed by atoms with Crippen molar-refractivity contribution >= 4 is 17.6 Å². The average molecular weight is 317 g/mol. The molecule has 122 valence electrons. The summed E-state index contributed by atoms with van der Waals surface area (Å²) in [6.07, 6.45) is 0.176. The van der Waals surface area contributed by atoms with Crippen LogP contribution in [0.5, 0.6) is 0 Å². The van der Waals surface area contributed by atoms with Gasteiger partial charge in [0.25, 0.3) is 0 Å². The molecule has 1 amide bonds. The number of para-hydroxylation sites is 1. The number of rotatable bonds is 6. The van der Waals surface area contributed by atoms with Gasteiger partial charge in [-0.25, -0.2) is 0 Å². The van der Waals surface area contributed by atoms with E-state index in [2.05, 4.69) is 14.9 Å².